The van der Waals surface area contributed by atoms with E-state index >= 15 is 0 Å². The summed E-state index contributed by atoms with van der Waals surface area (Å²) in [6.07, 6.45) is 3.38. The maximum atomic E-state index is 2.35. The number of fused-ring (bicyclic) bond motifs is 1. The van der Waals surface area contributed by atoms with Crippen LogP contribution in [-0.4, -0.2) is 4.57 Å². The molecule has 3 aromatic rings. The van der Waals surface area contributed by atoms with E-state index in [1.54, 1.807) is 0 Å². The van der Waals surface area contributed by atoms with Crippen LogP contribution >= 0.6 is 0 Å². The fraction of sp³-hybridized carbons (Fsp3) is 0.263. The van der Waals surface area contributed by atoms with Crippen LogP contribution in [0.2, 0.25) is 0 Å². The maximum Gasteiger partial charge on any atom is 0.0480 e. The zero-order chi connectivity index (χ0) is 14.2. The third kappa shape index (κ3) is 1.85. The summed E-state index contributed by atoms with van der Waals surface area (Å²) in [7, 11) is 2.13. The lowest BCUT2D eigenvalue weighted by Gasteiger charge is -2.29. The molecule has 1 heterocycles. The molecule has 20 heavy (non-hydrogen) atoms. The van der Waals surface area contributed by atoms with Crippen molar-refractivity contribution in [3.8, 4) is 0 Å². The van der Waals surface area contributed by atoms with Gasteiger partial charge >= 0.3 is 0 Å². The number of aromatic nitrogens is 1. The maximum absolute atomic E-state index is 2.35. The lowest BCUT2D eigenvalue weighted by Crippen LogP contribution is -2.22. The summed E-state index contributed by atoms with van der Waals surface area (Å²) in [4.78, 5) is 0. The molecule has 0 aliphatic rings. The Kier molecular flexibility index (Phi) is 3.13. The summed E-state index contributed by atoms with van der Waals surface area (Å²) < 4.78 is 2.24. The molecular weight excluding hydrogens is 242 g/mol. The highest BCUT2D eigenvalue weighted by atomic mass is 14.9. The standard InChI is InChI=1S/C19H21N/c1-4-19(2,15-10-6-5-7-11-15)17-14-20(3)18-13-9-8-12-16(17)18/h5-14H,4H2,1-3H3. The van der Waals surface area contributed by atoms with Crippen molar-refractivity contribution < 1.29 is 0 Å². The van der Waals surface area contributed by atoms with Crippen LogP contribution in [0.3, 0.4) is 0 Å². The van der Waals surface area contributed by atoms with E-state index in [-0.39, 0.29) is 5.41 Å². The Morgan fingerprint density at radius 2 is 1.60 bits per heavy atom. The molecule has 0 spiro atoms. The van der Waals surface area contributed by atoms with Crippen LogP contribution in [0.5, 0.6) is 0 Å². The van der Waals surface area contributed by atoms with E-state index in [9.17, 15) is 0 Å². The smallest absolute Gasteiger partial charge is 0.0480 e. The van der Waals surface area contributed by atoms with E-state index in [1.807, 2.05) is 0 Å². The van der Waals surface area contributed by atoms with Crippen LogP contribution in [0, 0.1) is 0 Å². The lowest BCUT2D eigenvalue weighted by molar-refractivity contribution is 0.552. The summed E-state index contributed by atoms with van der Waals surface area (Å²) >= 11 is 0. The topological polar surface area (TPSA) is 4.93 Å². The zero-order valence-corrected chi connectivity index (χ0v) is 12.4. The molecule has 0 saturated heterocycles. The Morgan fingerprint density at radius 1 is 0.950 bits per heavy atom. The third-order valence-corrected chi connectivity index (χ3v) is 4.61. The monoisotopic (exact) mass is 263 g/mol. The minimum atomic E-state index is 0.0577. The van der Waals surface area contributed by atoms with E-state index in [0.29, 0.717) is 0 Å². The minimum Gasteiger partial charge on any atom is -0.350 e. The van der Waals surface area contributed by atoms with Crippen molar-refractivity contribution in [1.82, 2.24) is 4.57 Å². The number of para-hydroxylation sites is 1. The Balaban J connectivity index is 2.27. The fourth-order valence-electron chi connectivity index (χ4n) is 3.14. The van der Waals surface area contributed by atoms with Crippen LogP contribution in [0.1, 0.15) is 31.4 Å². The molecule has 3 rings (SSSR count). The second kappa shape index (κ2) is 4.82. The molecule has 0 radical (unpaired) electrons. The van der Waals surface area contributed by atoms with Crippen molar-refractivity contribution in [2.75, 3.05) is 0 Å². The van der Waals surface area contributed by atoms with Gasteiger partial charge in [0.15, 0.2) is 0 Å². The molecule has 1 nitrogen and oxygen atoms in total. The van der Waals surface area contributed by atoms with E-state index in [0.717, 1.165) is 6.42 Å². The van der Waals surface area contributed by atoms with Crippen LogP contribution in [0.4, 0.5) is 0 Å². The van der Waals surface area contributed by atoms with Gasteiger partial charge in [-0.1, -0.05) is 62.4 Å². The van der Waals surface area contributed by atoms with Crippen LogP contribution in [0.25, 0.3) is 10.9 Å². The van der Waals surface area contributed by atoms with Crippen molar-refractivity contribution in [3.05, 3.63) is 71.9 Å². The number of nitrogens with zero attached hydrogens (tertiary/aromatic N) is 1. The first-order chi connectivity index (χ1) is 9.66. The molecule has 1 heteroatoms. The second-order valence-electron chi connectivity index (χ2n) is 5.72. The Hall–Kier alpha value is -2.02. The van der Waals surface area contributed by atoms with Crippen LogP contribution in [0.15, 0.2) is 60.8 Å². The molecule has 0 aliphatic heterocycles. The van der Waals surface area contributed by atoms with Gasteiger partial charge in [0, 0.05) is 29.6 Å². The Labute approximate surface area is 120 Å². The zero-order valence-electron chi connectivity index (χ0n) is 12.4. The number of aryl methyl sites for hydroxylation is 1. The summed E-state index contributed by atoms with van der Waals surface area (Å²) in [5.41, 5.74) is 4.17. The van der Waals surface area contributed by atoms with Gasteiger partial charge in [-0.2, -0.15) is 0 Å². The Morgan fingerprint density at radius 3 is 2.30 bits per heavy atom. The van der Waals surface area contributed by atoms with Crippen LogP contribution < -0.4 is 0 Å². The van der Waals surface area contributed by atoms with Gasteiger partial charge in [-0.15, -0.1) is 0 Å². The fourth-order valence-corrected chi connectivity index (χ4v) is 3.14. The molecule has 1 unspecified atom stereocenters. The normalized spacial score (nSPS) is 14.3. The highest BCUT2D eigenvalue weighted by molar-refractivity contribution is 5.85. The highest BCUT2D eigenvalue weighted by Gasteiger charge is 2.29. The molecule has 0 amide bonds. The van der Waals surface area contributed by atoms with E-state index in [4.69, 9.17) is 0 Å². The number of hydrogen-bond acceptors (Lipinski definition) is 0. The average Bonchev–Trinajstić information content (AvgIpc) is 2.85. The first kappa shape index (κ1) is 13.0. The van der Waals surface area contributed by atoms with Gasteiger partial charge in [-0.05, 0) is 23.6 Å². The Bertz CT molecular complexity index is 724. The lowest BCUT2D eigenvalue weighted by atomic mass is 9.74. The quantitative estimate of drug-likeness (QED) is 0.633. The van der Waals surface area contributed by atoms with Crippen molar-refractivity contribution in [2.45, 2.75) is 25.7 Å². The summed E-state index contributed by atoms with van der Waals surface area (Å²) in [5, 5.41) is 1.36. The molecule has 1 atom stereocenters. The summed E-state index contributed by atoms with van der Waals surface area (Å²) in [5.74, 6) is 0. The van der Waals surface area contributed by atoms with Crippen molar-refractivity contribution in [3.63, 3.8) is 0 Å². The second-order valence-corrected chi connectivity index (χ2v) is 5.72. The van der Waals surface area contributed by atoms with Gasteiger partial charge in [0.2, 0.25) is 0 Å². The largest absolute Gasteiger partial charge is 0.350 e. The van der Waals surface area contributed by atoms with E-state index < -0.39 is 0 Å². The number of benzene rings is 2. The van der Waals surface area contributed by atoms with Gasteiger partial charge < -0.3 is 4.57 Å². The predicted molar refractivity (Wildman–Crippen MR) is 86.1 cm³/mol. The third-order valence-electron chi connectivity index (χ3n) is 4.61. The summed E-state index contributed by atoms with van der Waals surface area (Å²) in [6, 6.07) is 19.5. The van der Waals surface area contributed by atoms with Gasteiger partial charge in [0.05, 0.1) is 0 Å². The number of hydrogen-bond donors (Lipinski definition) is 0. The summed E-state index contributed by atoms with van der Waals surface area (Å²) in [6.45, 7) is 4.62. The van der Waals surface area contributed by atoms with Gasteiger partial charge in [0.25, 0.3) is 0 Å². The number of rotatable bonds is 3. The van der Waals surface area contributed by atoms with Gasteiger partial charge in [0.1, 0.15) is 0 Å². The first-order valence-corrected chi connectivity index (χ1v) is 7.27. The van der Waals surface area contributed by atoms with Crippen molar-refractivity contribution >= 4 is 10.9 Å². The molecule has 2 aromatic carbocycles. The van der Waals surface area contributed by atoms with Crippen molar-refractivity contribution in [2.24, 2.45) is 7.05 Å². The van der Waals surface area contributed by atoms with Gasteiger partial charge in [-0.25, -0.2) is 0 Å². The van der Waals surface area contributed by atoms with Gasteiger partial charge in [-0.3, -0.25) is 0 Å². The average molecular weight is 263 g/mol. The molecule has 0 bridgehead atoms. The SMILES string of the molecule is CCC(C)(c1ccccc1)c1cn(C)c2ccccc12. The predicted octanol–water partition coefficient (Wildman–Crippen LogP) is 4.89. The van der Waals surface area contributed by atoms with E-state index in [2.05, 4.69) is 86.3 Å². The molecule has 1 aromatic heterocycles. The molecular formula is C19H21N. The van der Waals surface area contributed by atoms with Crippen LogP contribution in [-0.2, 0) is 12.5 Å². The molecule has 0 N–H and O–H groups in total. The minimum absolute atomic E-state index is 0.0577. The molecule has 0 saturated carbocycles. The first-order valence-electron chi connectivity index (χ1n) is 7.27. The molecule has 102 valence electrons. The van der Waals surface area contributed by atoms with E-state index in [1.165, 1.54) is 22.0 Å². The van der Waals surface area contributed by atoms with Crippen molar-refractivity contribution in [1.29, 1.82) is 0 Å². The molecule has 0 aliphatic carbocycles. The molecule has 0 fully saturated rings. The highest BCUT2D eigenvalue weighted by Crippen LogP contribution is 2.39.